The molecule has 0 bridgehead atoms. The van der Waals surface area contributed by atoms with Crippen LogP contribution in [0.3, 0.4) is 0 Å². The summed E-state index contributed by atoms with van der Waals surface area (Å²) in [5.41, 5.74) is 3.45. The summed E-state index contributed by atoms with van der Waals surface area (Å²) in [6, 6.07) is 2.05. The third kappa shape index (κ3) is 1.56. The summed E-state index contributed by atoms with van der Waals surface area (Å²) < 4.78 is 1.84. The zero-order valence-corrected chi connectivity index (χ0v) is 8.41. The van der Waals surface area contributed by atoms with Gasteiger partial charge in [0.15, 0.2) is 0 Å². The highest BCUT2D eigenvalue weighted by molar-refractivity contribution is 5.64. The van der Waals surface area contributed by atoms with Crippen LogP contribution in [-0.4, -0.2) is 21.8 Å². The quantitative estimate of drug-likeness (QED) is 0.762. The van der Waals surface area contributed by atoms with Crippen LogP contribution in [0.15, 0.2) is 24.7 Å². The van der Waals surface area contributed by atoms with Crippen LogP contribution < -0.4 is 5.32 Å². The van der Waals surface area contributed by atoms with Crippen LogP contribution in [0.2, 0.25) is 0 Å². The van der Waals surface area contributed by atoms with Crippen LogP contribution in [0.1, 0.15) is 5.69 Å². The van der Waals surface area contributed by atoms with Crippen molar-refractivity contribution in [3.05, 3.63) is 30.4 Å². The maximum absolute atomic E-state index is 4.40. The third-order valence-corrected chi connectivity index (χ3v) is 2.16. The lowest BCUT2D eigenvalue weighted by molar-refractivity contribution is 0.712. The number of aromatic nitrogens is 3. The topological polar surface area (TPSA) is 45.6 Å². The molecule has 2 rings (SSSR count). The minimum absolute atomic E-state index is 0.793. The summed E-state index contributed by atoms with van der Waals surface area (Å²) >= 11 is 0. The standard InChI is InChI=1S/C10H14N4/c1-11-6-10-9(7-14(2)13-10)8-3-4-12-5-8/h3-5,7,11-12H,6H2,1-2H3. The number of aromatic amines is 1. The van der Waals surface area contributed by atoms with E-state index in [-0.39, 0.29) is 0 Å². The maximum Gasteiger partial charge on any atom is 0.0841 e. The fourth-order valence-corrected chi connectivity index (χ4v) is 1.57. The smallest absolute Gasteiger partial charge is 0.0841 e. The summed E-state index contributed by atoms with van der Waals surface area (Å²) in [5.74, 6) is 0. The lowest BCUT2D eigenvalue weighted by Gasteiger charge is -1.97. The average molecular weight is 190 g/mol. The molecule has 0 saturated heterocycles. The van der Waals surface area contributed by atoms with Crippen LogP contribution in [0.25, 0.3) is 11.1 Å². The molecule has 14 heavy (non-hydrogen) atoms. The number of hydrogen-bond acceptors (Lipinski definition) is 2. The number of hydrogen-bond donors (Lipinski definition) is 2. The van der Waals surface area contributed by atoms with Gasteiger partial charge in [-0.3, -0.25) is 4.68 Å². The molecule has 2 aromatic heterocycles. The van der Waals surface area contributed by atoms with Gasteiger partial charge in [-0.2, -0.15) is 5.10 Å². The van der Waals surface area contributed by atoms with Crippen molar-refractivity contribution in [1.82, 2.24) is 20.1 Å². The van der Waals surface area contributed by atoms with E-state index in [4.69, 9.17) is 0 Å². The van der Waals surface area contributed by atoms with Crippen LogP contribution in [-0.2, 0) is 13.6 Å². The highest BCUT2D eigenvalue weighted by atomic mass is 15.3. The van der Waals surface area contributed by atoms with Gasteiger partial charge < -0.3 is 10.3 Å². The summed E-state index contributed by atoms with van der Waals surface area (Å²) in [6.45, 7) is 0.793. The van der Waals surface area contributed by atoms with Gasteiger partial charge in [0.2, 0.25) is 0 Å². The van der Waals surface area contributed by atoms with E-state index in [9.17, 15) is 0 Å². The molecule has 0 spiro atoms. The molecular formula is C10H14N4. The van der Waals surface area contributed by atoms with Crippen molar-refractivity contribution in [2.24, 2.45) is 7.05 Å². The second kappa shape index (κ2) is 3.67. The molecule has 0 unspecified atom stereocenters. The third-order valence-electron chi connectivity index (χ3n) is 2.16. The minimum Gasteiger partial charge on any atom is -0.367 e. The Morgan fingerprint density at radius 3 is 3.07 bits per heavy atom. The molecule has 74 valence electrons. The van der Waals surface area contributed by atoms with Crippen LogP contribution in [0.5, 0.6) is 0 Å². The van der Waals surface area contributed by atoms with Crippen molar-refractivity contribution in [3.63, 3.8) is 0 Å². The Balaban J connectivity index is 2.41. The molecular weight excluding hydrogens is 176 g/mol. The molecule has 0 radical (unpaired) electrons. The number of nitrogens with one attached hydrogen (secondary N) is 2. The van der Waals surface area contributed by atoms with Gasteiger partial charge in [0.25, 0.3) is 0 Å². The van der Waals surface area contributed by atoms with E-state index in [2.05, 4.69) is 21.5 Å². The normalized spacial score (nSPS) is 10.7. The lowest BCUT2D eigenvalue weighted by Crippen LogP contribution is -2.06. The minimum atomic E-state index is 0.793. The first kappa shape index (κ1) is 9.02. The first-order chi connectivity index (χ1) is 6.81. The van der Waals surface area contributed by atoms with E-state index >= 15 is 0 Å². The van der Waals surface area contributed by atoms with Crippen LogP contribution >= 0.6 is 0 Å². The summed E-state index contributed by atoms with van der Waals surface area (Å²) in [7, 11) is 3.87. The van der Waals surface area contributed by atoms with Gasteiger partial charge in [-0.1, -0.05) is 0 Å². The van der Waals surface area contributed by atoms with Crippen molar-refractivity contribution in [2.75, 3.05) is 7.05 Å². The van der Waals surface area contributed by atoms with Crippen LogP contribution in [0, 0.1) is 0 Å². The number of rotatable bonds is 3. The Kier molecular flexibility index (Phi) is 2.37. The molecule has 0 aliphatic heterocycles. The first-order valence-corrected chi connectivity index (χ1v) is 4.61. The Bertz CT molecular complexity index is 400. The van der Waals surface area contributed by atoms with Gasteiger partial charge in [-0.05, 0) is 13.1 Å². The summed E-state index contributed by atoms with van der Waals surface area (Å²) in [5, 5.41) is 7.51. The second-order valence-corrected chi connectivity index (χ2v) is 3.29. The molecule has 4 heteroatoms. The van der Waals surface area contributed by atoms with E-state index in [1.54, 1.807) is 0 Å². The number of aryl methyl sites for hydroxylation is 1. The summed E-state index contributed by atoms with van der Waals surface area (Å²) in [4.78, 5) is 3.05. The van der Waals surface area contributed by atoms with Crippen molar-refractivity contribution in [2.45, 2.75) is 6.54 Å². The highest BCUT2D eigenvalue weighted by Gasteiger charge is 2.08. The molecule has 4 nitrogen and oxygen atoms in total. The van der Waals surface area contributed by atoms with E-state index in [1.807, 2.05) is 37.4 Å². The molecule has 0 amide bonds. The van der Waals surface area contributed by atoms with Gasteiger partial charge in [0.1, 0.15) is 0 Å². The zero-order chi connectivity index (χ0) is 9.97. The largest absolute Gasteiger partial charge is 0.367 e. The molecule has 0 fully saturated rings. The maximum atomic E-state index is 4.40. The molecule has 0 aliphatic rings. The van der Waals surface area contributed by atoms with Crippen molar-refractivity contribution >= 4 is 0 Å². The Hall–Kier alpha value is -1.55. The lowest BCUT2D eigenvalue weighted by atomic mass is 10.1. The van der Waals surface area contributed by atoms with Crippen molar-refractivity contribution in [1.29, 1.82) is 0 Å². The molecule has 2 aromatic rings. The summed E-state index contributed by atoms with van der Waals surface area (Å²) in [6.07, 6.45) is 5.94. The van der Waals surface area contributed by atoms with Gasteiger partial charge in [0, 0.05) is 43.3 Å². The van der Waals surface area contributed by atoms with E-state index in [1.165, 1.54) is 11.1 Å². The highest BCUT2D eigenvalue weighted by Crippen LogP contribution is 2.21. The van der Waals surface area contributed by atoms with Crippen LogP contribution in [0.4, 0.5) is 0 Å². The van der Waals surface area contributed by atoms with E-state index in [0.717, 1.165) is 12.2 Å². The Morgan fingerprint density at radius 1 is 1.57 bits per heavy atom. The fraction of sp³-hybridized carbons (Fsp3) is 0.300. The Labute approximate surface area is 82.9 Å². The number of nitrogens with zero attached hydrogens (tertiary/aromatic N) is 2. The Morgan fingerprint density at radius 2 is 2.43 bits per heavy atom. The predicted molar refractivity (Wildman–Crippen MR) is 55.8 cm³/mol. The molecule has 0 aromatic carbocycles. The van der Waals surface area contributed by atoms with Gasteiger partial charge in [-0.25, -0.2) is 0 Å². The average Bonchev–Trinajstić information content (AvgIpc) is 2.74. The van der Waals surface area contributed by atoms with Gasteiger partial charge in [-0.15, -0.1) is 0 Å². The monoisotopic (exact) mass is 190 g/mol. The predicted octanol–water partition coefficient (Wildman–Crippen LogP) is 1.13. The SMILES string of the molecule is CNCc1nn(C)cc1-c1cc[nH]c1. The van der Waals surface area contributed by atoms with E-state index in [0.29, 0.717) is 0 Å². The zero-order valence-electron chi connectivity index (χ0n) is 8.41. The molecule has 0 atom stereocenters. The van der Waals surface area contributed by atoms with Crippen molar-refractivity contribution in [3.8, 4) is 11.1 Å². The van der Waals surface area contributed by atoms with Gasteiger partial charge in [0.05, 0.1) is 5.69 Å². The first-order valence-electron chi connectivity index (χ1n) is 4.61. The molecule has 0 aliphatic carbocycles. The van der Waals surface area contributed by atoms with Gasteiger partial charge >= 0.3 is 0 Å². The van der Waals surface area contributed by atoms with Crippen molar-refractivity contribution < 1.29 is 0 Å². The molecule has 2 N–H and O–H groups in total. The van der Waals surface area contributed by atoms with E-state index < -0.39 is 0 Å². The second-order valence-electron chi connectivity index (χ2n) is 3.29. The fourth-order valence-electron chi connectivity index (χ4n) is 1.57. The molecule has 0 saturated carbocycles. The number of H-pyrrole nitrogens is 1. The molecule has 2 heterocycles.